The maximum Gasteiger partial charge on any atom is 0.340 e. The molecule has 0 radical (unpaired) electrons. The van der Waals surface area contributed by atoms with Crippen LogP contribution >= 0.6 is 0 Å². The van der Waals surface area contributed by atoms with Gasteiger partial charge in [0.25, 0.3) is 0 Å². The maximum absolute atomic E-state index is 12.3. The molecule has 0 spiro atoms. The Morgan fingerprint density at radius 1 is 1.19 bits per heavy atom. The molecule has 1 rings (SSSR count). The van der Waals surface area contributed by atoms with Crippen LogP contribution in [0, 0.1) is 0 Å². The van der Waals surface area contributed by atoms with Gasteiger partial charge in [0, 0.05) is 26.8 Å². The molecule has 1 aromatic heterocycles. The van der Waals surface area contributed by atoms with Crippen molar-refractivity contribution in [2.75, 3.05) is 51.8 Å². The average molecular weight is 365 g/mol. The van der Waals surface area contributed by atoms with Crippen LogP contribution < -0.4 is 10.2 Å². The molecule has 6 nitrogen and oxygen atoms in total. The van der Waals surface area contributed by atoms with E-state index < -0.39 is 0 Å². The molecule has 0 fully saturated rings. The van der Waals surface area contributed by atoms with Crippen LogP contribution in [0.15, 0.2) is 12.3 Å². The average Bonchev–Trinajstić information content (AvgIpc) is 2.65. The van der Waals surface area contributed by atoms with Crippen LogP contribution in [0.3, 0.4) is 0 Å². The van der Waals surface area contributed by atoms with E-state index >= 15 is 0 Å². The summed E-state index contributed by atoms with van der Waals surface area (Å²) in [5, 5.41) is 3.46. The minimum absolute atomic E-state index is 0.279. The van der Waals surface area contributed by atoms with Gasteiger partial charge in [-0.15, -0.1) is 0 Å². The SMILES string of the molecule is CCCOC(=O)c1ccnc(CNCCCCN(CC)CC)c1N(C)C. The van der Waals surface area contributed by atoms with E-state index in [2.05, 4.69) is 29.0 Å². The lowest BCUT2D eigenvalue weighted by Crippen LogP contribution is -2.25. The third kappa shape index (κ3) is 7.30. The van der Waals surface area contributed by atoms with E-state index in [0.717, 1.165) is 50.4 Å². The van der Waals surface area contributed by atoms with E-state index in [1.165, 1.54) is 6.42 Å². The van der Waals surface area contributed by atoms with Crippen molar-refractivity contribution in [3.63, 3.8) is 0 Å². The van der Waals surface area contributed by atoms with Gasteiger partial charge in [0.05, 0.1) is 23.6 Å². The predicted octanol–water partition coefficient (Wildman–Crippen LogP) is 2.93. The number of rotatable bonds is 13. The monoisotopic (exact) mass is 364 g/mol. The molecule has 0 aliphatic heterocycles. The number of nitrogens with one attached hydrogen (secondary N) is 1. The number of unbranched alkanes of at least 4 members (excludes halogenated alkanes) is 1. The molecule has 0 aliphatic rings. The summed E-state index contributed by atoms with van der Waals surface area (Å²) in [5.74, 6) is -0.279. The van der Waals surface area contributed by atoms with Gasteiger partial charge in [-0.25, -0.2) is 4.79 Å². The standard InChI is InChI=1S/C20H36N4O2/c1-6-15-26-20(25)17-11-13-22-18(19(17)23(4)5)16-21-12-9-10-14-24(7-2)8-3/h11,13,21H,6-10,12,14-16H2,1-5H3. The van der Waals surface area contributed by atoms with Crippen molar-refractivity contribution in [2.24, 2.45) is 0 Å². The molecular formula is C20H36N4O2. The molecule has 148 valence electrons. The molecule has 0 amide bonds. The van der Waals surface area contributed by atoms with Crippen molar-refractivity contribution in [2.45, 2.75) is 46.6 Å². The molecule has 1 aromatic rings. The largest absolute Gasteiger partial charge is 0.462 e. The van der Waals surface area contributed by atoms with Gasteiger partial charge in [-0.2, -0.15) is 0 Å². The first-order valence-corrected chi connectivity index (χ1v) is 9.80. The fourth-order valence-electron chi connectivity index (χ4n) is 2.89. The second-order valence-corrected chi connectivity index (χ2v) is 6.59. The maximum atomic E-state index is 12.3. The summed E-state index contributed by atoms with van der Waals surface area (Å²) in [6, 6.07) is 1.74. The smallest absolute Gasteiger partial charge is 0.340 e. The Hall–Kier alpha value is -1.66. The van der Waals surface area contributed by atoms with Crippen molar-refractivity contribution < 1.29 is 9.53 Å². The lowest BCUT2D eigenvalue weighted by atomic mass is 10.1. The number of hydrogen-bond donors (Lipinski definition) is 1. The normalized spacial score (nSPS) is 11.0. The molecule has 0 aromatic carbocycles. The Morgan fingerprint density at radius 2 is 1.92 bits per heavy atom. The first-order chi connectivity index (χ1) is 12.5. The summed E-state index contributed by atoms with van der Waals surface area (Å²) in [7, 11) is 3.86. The van der Waals surface area contributed by atoms with Crippen LogP contribution in [0.4, 0.5) is 5.69 Å². The molecule has 1 heterocycles. The number of anilines is 1. The Morgan fingerprint density at radius 3 is 2.54 bits per heavy atom. The molecule has 0 saturated carbocycles. The Balaban J connectivity index is 2.59. The van der Waals surface area contributed by atoms with Gasteiger partial charge < -0.3 is 19.9 Å². The van der Waals surface area contributed by atoms with Gasteiger partial charge in [0.1, 0.15) is 0 Å². The highest BCUT2D eigenvalue weighted by molar-refractivity contribution is 5.96. The van der Waals surface area contributed by atoms with Crippen LogP contribution in [-0.2, 0) is 11.3 Å². The highest BCUT2D eigenvalue weighted by atomic mass is 16.5. The van der Waals surface area contributed by atoms with Crippen LogP contribution in [0.2, 0.25) is 0 Å². The fraction of sp³-hybridized carbons (Fsp3) is 0.700. The highest BCUT2D eigenvalue weighted by Crippen LogP contribution is 2.23. The quantitative estimate of drug-likeness (QED) is 0.429. The molecular weight excluding hydrogens is 328 g/mol. The molecule has 0 atom stereocenters. The van der Waals surface area contributed by atoms with Crippen molar-refractivity contribution >= 4 is 11.7 Å². The van der Waals surface area contributed by atoms with E-state index in [0.29, 0.717) is 18.7 Å². The molecule has 26 heavy (non-hydrogen) atoms. The first-order valence-electron chi connectivity index (χ1n) is 9.80. The lowest BCUT2D eigenvalue weighted by Gasteiger charge is -2.20. The Kier molecular flexibility index (Phi) is 10.9. The number of aromatic nitrogens is 1. The van der Waals surface area contributed by atoms with Gasteiger partial charge in [0.2, 0.25) is 0 Å². The molecule has 1 N–H and O–H groups in total. The van der Waals surface area contributed by atoms with Crippen LogP contribution in [0.1, 0.15) is 56.1 Å². The highest BCUT2D eigenvalue weighted by Gasteiger charge is 2.18. The summed E-state index contributed by atoms with van der Waals surface area (Å²) in [6.45, 7) is 11.8. The predicted molar refractivity (Wildman–Crippen MR) is 108 cm³/mol. The third-order valence-electron chi connectivity index (χ3n) is 4.37. The van der Waals surface area contributed by atoms with E-state index in [1.807, 2.05) is 25.9 Å². The second kappa shape index (κ2) is 12.7. The van der Waals surface area contributed by atoms with Crippen molar-refractivity contribution in [1.82, 2.24) is 15.2 Å². The van der Waals surface area contributed by atoms with Gasteiger partial charge in [-0.1, -0.05) is 20.8 Å². The molecule has 6 heteroatoms. The number of carbonyl (C=O) groups excluding carboxylic acids is 1. The van der Waals surface area contributed by atoms with Crippen molar-refractivity contribution in [3.05, 3.63) is 23.5 Å². The number of pyridine rings is 1. The van der Waals surface area contributed by atoms with E-state index in [4.69, 9.17) is 4.74 Å². The zero-order valence-corrected chi connectivity index (χ0v) is 17.2. The zero-order chi connectivity index (χ0) is 19.4. The zero-order valence-electron chi connectivity index (χ0n) is 17.2. The number of ether oxygens (including phenoxy) is 1. The molecule has 0 saturated heterocycles. The lowest BCUT2D eigenvalue weighted by molar-refractivity contribution is 0.0505. The number of esters is 1. The second-order valence-electron chi connectivity index (χ2n) is 6.59. The summed E-state index contributed by atoms with van der Waals surface area (Å²) in [4.78, 5) is 21.2. The summed E-state index contributed by atoms with van der Waals surface area (Å²) >= 11 is 0. The molecule has 0 bridgehead atoms. The van der Waals surface area contributed by atoms with Crippen LogP contribution in [-0.4, -0.2) is 62.7 Å². The van der Waals surface area contributed by atoms with Gasteiger partial charge >= 0.3 is 5.97 Å². The number of nitrogens with zero attached hydrogens (tertiary/aromatic N) is 3. The summed E-state index contributed by atoms with van der Waals surface area (Å²) in [5.41, 5.74) is 2.30. The van der Waals surface area contributed by atoms with Crippen molar-refractivity contribution in [3.8, 4) is 0 Å². The van der Waals surface area contributed by atoms with Crippen molar-refractivity contribution in [1.29, 1.82) is 0 Å². The summed E-state index contributed by atoms with van der Waals surface area (Å²) < 4.78 is 5.31. The Bertz CT molecular complexity index is 531. The van der Waals surface area contributed by atoms with E-state index in [-0.39, 0.29) is 5.97 Å². The third-order valence-corrected chi connectivity index (χ3v) is 4.37. The van der Waals surface area contributed by atoms with Gasteiger partial charge in [-0.3, -0.25) is 4.98 Å². The van der Waals surface area contributed by atoms with Gasteiger partial charge in [0.15, 0.2) is 0 Å². The number of carbonyl (C=O) groups is 1. The van der Waals surface area contributed by atoms with E-state index in [9.17, 15) is 4.79 Å². The topological polar surface area (TPSA) is 57.7 Å². The molecule has 0 unspecified atom stereocenters. The summed E-state index contributed by atoms with van der Waals surface area (Å²) in [6.07, 6.45) is 4.82. The minimum atomic E-state index is -0.279. The molecule has 0 aliphatic carbocycles. The van der Waals surface area contributed by atoms with Gasteiger partial charge in [-0.05, 0) is 51.5 Å². The number of hydrogen-bond acceptors (Lipinski definition) is 6. The van der Waals surface area contributed by atoms with Crippen LogP contribution in [0.25, 0.3) is 0 Å². The fourth-order valence-corrected chi connectivity index (χ4v) is 2.89. The van der Waals surface area contributed by atoms with E-state index in [1.54, 1.807) is 12.3 Å². The Labute approximate surface area is 158 Å². The minimum Gasteiger partial charge on any atom is -0.462 e. The first kappa shape index (κ1) is 22.4. The van der Waals surface area contributed by atoms with Crippen LogP contribution in [0.5, 0.6) is 0 Å².